The second-order valence-corrected chi connectivity index (χ2v) is 6.09. The highest BCUT2D eigenvalue weighted by atomic mass is 16.5. The van der Waals surface area contributed by atoms with Crippen LogP contribution < -0.4 is 5.32 Å². The zero-order valence-electron chi connectivity index (χ0n) is 12.4. The van der Waals surface area contributed by atoms with Crippen molar-refractivity contribution in [1.82, 2.24) is 5.32 Å². The number of rotatable bonds is 4. The van der Waals surface area contributed by atoms with Gasteiger partial charge in [0, 0.05) is 45.8 Å². The molecule has 1 N–H and O–H groups in total. The zero-order chi connectivity index (χ0) is 13.8. The molecule has 0 bridgehead atoms. The van der Waals surface area contributed by atoms with Crippen LogP contribution in [0.3, 0.4) is 0 Å². The van der Waals surface area contributed by atoms with Gasteiger partial charge in [-0.1, -0.05) is 24.3 Å². The Morgan fingerprint density at radius 1 is 1.25 bits per heavy atom. The Morgan fingerprint density at radius 2 is 2.00 bits per heavy atom. The second kappa shape index (κ2) is 6.25. The van der Waals surface area contributed by atoms with Gasteiger partial charge in [0.15, 0.2) is 0 Å². The smallest absolute Gasteiger partial charge is 0.0846 e. The predicted molar refractivity (Wildman–Crippen MR) is 80.1 cm³/mol. The van der Waals surface area contributed by atoms with Gasteiger partial charge in [-0.25, -0.2) is 0 Å². The van der Waals surface area contributed by atoms with Crippen molar-refractivity contribution in [1.29, 1.82) is 0 Å². The van der Waals surface area contributed by atoms with Gasteiger partial charge in [-0.15, -0.1) is 0 Å². The maximum absolute atomic E-state index is 5.80. The lowest BCUT2D eigenvalue weighted by Gasteiger charge is -2.38. The summed E-state index contributed by atoms with van der Waals surface area (Å²) in [5.41, 5.74) is 3.02. The summed E-state index contributed by atoms with van der Waals surface area (Å²) in [4.78, 5) is 0. The highest BCUT2D eigenvalue weighted by Gasteiger charge is 2.33. The number of benzene rings is 1. The minimum absolute atomic E-state index is 0.0186. The highest BCUT2D eigenvalue weighted by molar-refractivity contribution is 5.30. The Balaban J connectivity index is 1.57. The molecule has 1 aliphatic heterocycles. The fourth-order valence-electron chi connectivity index (χ4n) is 3.40. The van der Waals surface area contributed by atoms with E-state index < -0.39 is 0 Å². The van der Waals surface area contributed by atoms with Crippen LogP contribution in [0.4, 0.5) is 0 Å². The number of fused-ring (bicyclic) bond motifs is 1. The minimum atomic E-state index is -0.0186. The standard InChI is InChI=1S/C17H25NO2/c1-19-17(8-10-20-11-9-17)13-18-16-7-6-14-4-2-3-5-15(14)12-16/h2-5,16,18H,6-13H2,1H3. The Bertz CT molecular complexity index is 440. The van der Waals surface area contributed by atoms with Gasteiger partial charge in [-0.05, 0) is 30.4 Å². The lowest BCUT2D eigenvalue weighted by atomic mass is 9.87. The van der Waals surface area contributed by atoms with Crippen LogP contribution in [0.2, 0.25) is 0 Å². The van der Waals surface area contributed by atoms with E-state index in [1.165, 1.54) is 24.0 Å². The molecule has 3 rings (SSSR count). The topological polar surface area (TPSA) is 30.5 Å². The molecule has 110 valence electrons. The van der Waals surface area contributed by atoms with Gasteiger partial charge < -0.3 is 14.8 Å². The summed E-state index contributed by atoms with van der Waals surface area (Å²) in [6.07, 6.45) is 5.57. The van der Waals surface area contributed by atoms with Crippen molar-refractivity contribution in [3.8, 4) is 0 Å². The molecule has 1 aliphatic carbocycles. The molecule has 1 aromatic carbocycles. The van der Waals surface area contributed by atoms with Crippen LogP contribution in [-0.2, 0) is 22.3 Å². The third-order valence-corrected chi connectivity index (χ3v) is 4.90. The summed E-state index contributed by atoms with van der Waals surface area (Å²) >= 11 is 0. The third-order valence-electron chi connectivity index (χ3n) is 4.90. The first-order valence-corrected chi connectivity index (χ1v) is 7.74. The molecule has 1 fully saturated rings. The van der Waals surface area contributed by atoms with Crippen LogP contribution in [0.5, 0.6) is 0 Å². The number of aryl methyl sites for hydroxylation is 1. The molecular formula is C17H25NO2. The molecule has 1 atom stereocenters. The first-order valence-electron chi connectivity index (χ1n) is 7.74. The number of methoxy groups -OCH3 is 1. The van der Waals surface area contributed by atoms with Crippen molar-refractivity contribution in [2.24, 2.45) is 0 Å². The Kier molecular flexibility index (Phi) is 4.39. The average Bonchev–Trinajstić information content (AvgIpc) is 2.54. The summed E-state index contributed by atoms with van der Waals surface area (Å²) in [6, 6.07) is 9.41. The Labute approximate surface area is 121 Å². The van der Waals surface area contributed by atoms with Crippen LogP contribution in [0.25, 0.3) is 0 Å². The molecular weight excluding hydrogens is 250 g/mol. The summed E-state index contributed by atoms with van der Waals surface area (Å²) in [6.45, 7) is 2.59. The molecule has 20 heavy (non-hydrogen) atoms. The molecule has 0 radical (unpaired) electrons. The van der Waals surface area contributed by atoms with E-state index in [-0.39, 0.29) is 5.60 Å². The van der Waals surface area contributed by atoms with Gasteiger partial charge in [-0.2, -0.15) is 0 Å². The van der Waals surface area contributed by atoms with E-state index in [0.717, 1.165) is 39.0 Å². The SMILES string of the molecule is COC1(CNC2CCc3ccccc3C2)CCOCC1. The normalized spacial score (nSPS) is 25.1. The molecule has 1 saturated heterocycles. The summed E-state index contributed by atoms with van der Waals surface area (Å²) in [5, 5.41) is 3.74. The largest absolute Gasteiger partial charge is 0.381 e. The van der Waals surface area contributed by atoms with Crippen molar-refractivity contribution in [2.45, 2.75) is 43.7 Å². The van der Waals surface area contributed by atoms with E-state index >= 15 is 0 Å². The summed E-state index contributed by atoms with van der Waals surface area (Å²) < 4.78 is 11.3. The first-order chi connectivity index (χ1) is 9.81. The van der Waals surface area contributed by atoms with E-state index in [1.54, 1.807) is 0 Å². The fourth-order valence-corrected chi connectivity index (χ4v) is 3.40. The average molecular weight is 275 g/mol. The van der Waals surface area contributed by atoms with Crippen LogP contribution >= 0.6 is 0 Å². The van der Waals surface area contributed by atoms with E-state index in [0.29, 0.717) is 6.04 Å². The van der Waals surface area contributed by atoms with Crippen LogP contribution in [0.1, 0.15) is 30.4 Å². The van der Waals surface area contributed by atoms with E-state index in [4.69, 9.17) is 9.47 Å². The van der Waals surface area contributed by atoms with Gasteiger partial charge in [0.2, 0.25) is 0 Å². The molecule has 0 spiro atoms. The highest BCUT2D eigenvalue weighted by Crippen LogP contribution is 2.25. The fraction of sp³-hybridized carbons (Fsp3) is 0.647. The molecule has 3 nitrogen and oxygen atoms in total. The van der Waals surface area contributed by atoms with Gasteiger partial charge in [0.05, 0.1) is 5.60 Å². The van der Waals surface area contributed by atoms with E-state index in [2.05, 4.69) is 29.6 Å². The second-order valence-electron chi connectivity index (χ2n) is 6.09. The lowest BCUT2D eigenvalue weighted by molar-refractivity contribution is -0.0887. The number of hydrogen-bond donors (Lipinski definition) is 1. The van der Waals surface area contributed by atoms with Crippen LogP contribution in [-0.4, -0.2) is 38.5 Å². The molecule has 1 heterocycles. The first kappa shape index (κ1) is 14.1. The molecule has 0 saturated carbocycles. The predicted octanol–water partition coefficient (Wildman–Crippen LogP) is 2.33. The van der Waals surface area contributed by atoms with Gasteiger partial charge in [0.1, 0.15) is 0 Å². The van der Waals surface area contributed by atoms with Crippen molar-refractivity contribution < 1.29 is 9.47 Å². The van der Waals surface area contributed by atoms with Crippen LogP contribution in [0.15, 0.2) is 24.3 Å². The maximum Gasteiger partial charge on any atom is 0.0846 e. The molecule has 1 aromatic rings. The number of hydrogen-bond acceptors (Lipinski definition) is 3. The van der Waals surface area contributed by atoms with Gasteiger partial charge >= 0.3 is 0 Å². The Morgan fingerprint density at radius 3 is 2.75 bits per heavy atom. The monoisotopic (exact) mass is 275 g/mol. The van der Waals surface area contributed by atoms with Crippen molar-refractivity contribution in [2.75, 3.05) is 26.9 Å². The molecule has 2 aliphatic rings. The quantitative estimate of drug-likeness (QED) is 0.915. The molecule has 0 amide bonds. The van der Waals surface area contributed by atoms with Crippen molar-refractivity contribution >= 4 is 0 Å². The van der Waals surface area contributed by atoms with Crippen LogP contribution in [0, 0.1) is 0 Å². The number of nitrogens with one attached hydrogen (secondary N) is 1. The van der Waals surface area contributed by atoms with Crippen molar-refractivity contribution in [3.05, 3.63) is 35.4 Å². The van der Waals surface area contributed by atoms with E-state index in [1.807, 2.05) is 7.11 Å². The summed E-state index contributed by atoms with van der Waals surface area (Å²) in [5.74, 6) is 0. The number of ether oxygens (including phenoxy) is 2. The third kappa shape index (κ3) is 3.05. The molecule has 0 aromatic heterocycles. The summed E-state index contributed by atoms with van der Waals surface area (Å²) in [7, 11) is 1.84. The van der Waals surface area contributed by atoms with Crippen molar-refractivity contribution in [3.63, 3.8) is 0 Å². The van der Waals surface area contributed by atoms with E-state index in [9.17, 15) is 0 Å². The molecule has 1 unspecified atom stereocenters. The Hall–Kier alpha value is -0.900. The minimum Gasteiger partial charge on any atom is -0.381 e. The van der Waals surface area contributed by atoms with Gasteiger partial charge in [-0.3, -0.25) is 0 Å². The lowest BCUT2D eigenvalue weighted by Crippen LogP contribution is -2.50. The molecule has 3 heteroatoms. The zero-order valence-corrected chi connectivity index (χ0v) is 12.4. The maximum atomic E-state index is 5.80. The van der Waals surface area contributed by atoms with Gasteiger partial charge in [0.25, 0.3) is 0 Å².